The molecule has 0 amide bonds. The lowest BCUT2D eigenvalue weighted by Crippen LogP contribution is -2.05. The van der Waals surface area contributed by atoms with Crippen LogP contribution in [0.4, 0.5) is 0 Å². The number of hydrogen-bond acceptors (Lipinski definition) is 4. The summed E-state index contributed by atoms with van der Waals surface area (Å²) in [6.45, 7) is 3.49. The molecule has 1 unspecified atom stereocenters. The van der Waals surface area contributed by atoms with Gasteiger partial charge in [0, 0.05) is 40.2 Å². The fourth-order valence-corrected chi connectivity index (χ4v) is 7.03. The largest absolute Gasteiger partial charge is 0.309 e. The first-order chi connectivity index (χ1) is 25.2. The number of para-hydroxylation sites is 2. The Morgan fingerprint density at radius 2 is 1.41 bits per heavy atom. The lowest BCUT2D eigenvalue weighted by atomic mass is 9.87. The summed E-state index contributed by atoms with van der Waals surface area (Å²) < 4.78 is 2.35. The van der Waals surface area contributed by atoms with Crippen molar-refractivity contribution in [3.05, 3.63) is 187 Å². The Morgan fingerprint density at radius 3 is 2.25 bits per heavy atom. The molecule has 0 bridgehead atoms. The molecule has 1 aliphatic rings. The average Bonchev–Trinajstić information content (AvgIpc) is 3.54. The Bertz CT molecular complexity index is 2470. The van der Waals surface area contributed by atoms with E-state index in [4.69, 9.17) is 15.0 Å². The van der Waals surface area contributed by atoms with Gasteiger partial charge < -0.3 is 4.57 Å². The van der Waals surface area contributed by atoms with Gasteiger partial charge in [0.25, 0.3) is 0 Å². The van der Waals surface area contributed by atoms with E-state index in [0.29, 0.717) is 24.0 Å². The van der Waals surface area contributed by atoms with Crippen molar-refractivity contribution in [1.29, 1.82) is 0 Å². The van der Waals surface area contributed by atoms with E-state index in [1.54, 1.807) is 6.20 Å². The third kappa shape index (κ3) is 6.75. The Labute approximate surface area is 298 Å². The van der Waals surface area contributed by atoms with Crippen LogP contribution in [0.3, 0.4) is 0 Å². The molecule has 246 valence electrons. The van der Waals surface area contributed by atoms with Crippen LogP contribution in [0.1, 0.15) is 29.8 Å². The highest BCUT2D eigenvalue weighted by atomic mass is 15.0. The molecule has 5 nitrogen and oxygen atoms in total. The highest BCUT2D eigenvalue weighted by Gasteiger charge is 2.18. The van der Waals surface area contributed by atoms with Crippen LogP contribution in [0.5, 0.6) is 0 Å². The fourth-order valence-electron chi connectivity index (χ4n) is 7.03. The molecule has 0 aliphatic heterocycles. The molecule has 5 aromatic carbocycles. The van der Waals surface area contributed by atoms with Crippen molar-refractivity contribution in [2.45, 2.75) is 19.3 Å². The van der Waals surface area contributed by atoms with Gasteiger partial charge >= 0.3 is 0 Å². The number of benzene rings is 5. The SMILES string of the molecule is C=N/C=C\C=C/CC1C=CC=C(c2cccc(-c3nc(Cc4cccc5c4c4ccccc4n5-c4ccccc4)nc(-c4ccccc4)n3)c2)C1. The molecular weight excluding hydrogens is 623 g/mol. The summed E-state index contributed by atoms with van der Waals surface area (Å²) >= 11 is 0. The van der Waals surface area contributed by atoms with Gasteiger partial charge in [0.1, 0.15) is 5.82 Å². The molecular formula is C46H37N5. The van der Waals surface area contributed by atoms with Gasteiger partial charge in [-0.25, -0.2) is 15.0 Å². The standard InChI is InChI=1S/C46H37N5/c1-47-29-12-4-5-16-33-17-13-20-35(30-33)36-21-14-23-38(31-36)46-49-43(48-45(50-46)34-18-6-2-7-19-34)32-37-22-15-28-42-44(37)40-26-10-11-27-41(40)51(42)39-24-8-3-9-25-39/h2-15,17-29,31,33H,1,16,30,32H2/b5-4-,29-12-. The molecule has 0 N–H and O–H groups in total. The second kappa shape index (κ2) is 14.6. The number of rotatable bonds is 10. The van der Waals surface area contributed by atoms with E-state index in [-0.39, 0.29) is 0 Å². The predicted molar refractivity (Wildman–Crippen MR) is 212 cm³/mol. The number of hydrogen-bond donors (Lipinski definition) is 0. The molecule has 5 heteroatoms. The first-order valence-electron chi connectivity index (χ1n) is 17.4. The van der Waals surface area contributed by atoms with E-state index >= 15 is 0 Å². The molecule has 7 aromatic rings. The van der Waals surface area contributed by atoms with Crippen LogP contribution in [0.2, 0.25) is 0 Å². The van der Waals surface area contributed by atoms with Crippen LogP contribution >= 0.6 is 0 Å². The fraction of sp³-hybridized carbons (Fsp3) is 0.0870. The van der Waals surface area contributed by atoms with Crippen molar-refractivity contribution < 1.29 is 0 Å². The van der Waals surface area contributed by atoms with Crippen molar-refractivity contribution >= 4 is 34.1 Å². The molecule has 0 radical (unpaired) electrons. The van der Waals surface area contributed by atoms with Crippen LogP contribution < -0.4 is 0 Å². The second-order valence-corrected chi connectivity index (χ2v) is 12.8. The molecule has 0 spiro atoms. The molecule has 0 fully saturated rings. The van der Waals surface area contributed by atoms with Gasteiger partial charge in [0.2, 0.25) is 0 Å². The monoisotopic (exact) mass is 659 g/mol. The molecule has 0 saturated heterocycles. The summed E-state index contributed by atoms with van der Waals surface area (Å²) in [6.07, 6.45) is 17.0. The number of allylic oxidation sites excluding steroid dienone is 7. The topological polar surface area (TPSA) is 56.0 Å². The van der Waals surface area contributed by atoms with E-state index in [0.717, 1.165) is 35.5 Å². The Kier molecular flexibility index (Phi) is 9.08. The Hall–Kier alpha value is -6.46. The zero-order valence-electron chi connectivity index (χ0n) is 28.3. The molecule has 51 heavy (non-hydrogen) atoms. The maximum Gasteiger partial charge on any atom is 0.163 e. The van der Waals surface area contributed by atoms with Crippen LogP contribution in [-0.2, 0) is 6.42 Å². The number of fused-ring (bicyclic) bond motifs is 3. The van der Waals surface area contributed by atoms with Crippen molar-refractivity contribution in [3.8, 4) is 28.5 Å². The molecule has 8 rings (SSSR count). The van der Waals surface area contributed by atoms with E-state index in [2.05, 4.69) is 150 Å². The van der Waals surface area contributed by atoms with Gasteiger partial charge in [-0.1, -0.05) is 127 Å². The Balaban J connectivity index is 1.18. The smallest absolute Gasteiger partial charge is 0.163 e. The minimum atomic E-state index is 0.430. The summed E-state index contributed by atoms with van der Waals surface area (Å²) in [7, 11) is 0. The van der Waals surface area contributed by atoms with Gasteiger partial charge in [-0.15, -0.1) is 0 Å². The van der Waals surface area contributed by atoms with E-state index < -0.39 is 0 Å². The maximum absolute atomic E-state index is 5.15. The van der Waals surface area contributed by atoms with Crippen molar-refractivity contribution in [2.24, 2.45) is 10.9 Å². The summed E-state index contributed by atoms with van der Waals surface area (Å²) in [6, 6.07) is 44.6. The normalized spacial score (nSPS) is 14.5. The van der Waals surface area contributed by atoms with Crippen LogP contribution in [0, 0.1) is 5.92 Å². The summed E-state index contributed by atoms with van der Waals surface area (Å²) in [4.78, 5) is 19.0. The van der Waals surface area contributed by atoms with Crippen LogP contribution in [0.15, 0.2) is 175 Å². The highest BCUT2D eigenvalue weighted by molar-refractivity contribution is 6.11. The first kappa shape index (κ1) is 31.8. The highest BCUT2D eigenvalue weighted by Crippen LogP contribution is 2.36. The Morgan fingerprint density at radius 1 is 0.706 bits per heavy atom. The number of nitrogens with zero attached hydrogens (tertiary/aromatic N) is 5. The summed E-state index contributed by atoms with van der Waals surface area (Å²) in [5.74, 6) is 2.51. The maximum atomic E-state index is 5.15. The molecule has 1 aliphatic carbocycles. The van der Waals surface area contributed by atoms with Gasteiger partial charge in [-0.05, 0) is 78.6 Å². The third-order valence-corrected chi connectivity index (χ3v) is 9.39. The zero-order chi connectivity index (χ0) is 34.4. The average molecular weight is 660 g/mol. The lowest BCUT2D eigenvalue weighted by molar-refractivity contribution is 0.679. The van der Waals surface area contributed by atoms with Crippen molar-refractivity contribution in [1.82, 2.24) is 19.5 Å². The molecule has 2 aromatic heterocycles. The lowest BCUT2D eigenvalue weighted by Gasteiger charge is -2.18. The number of aliphatic imine (C=N–C) groups is 1. The van der Waals surface area contributed by atoms with Gasteiger partial charge in [-0.3, -0.25) is 4.99 Å². The van der Waals surface area contributed by atoms with Gasteiger partial charge in [0.15, 0.2) is 11.6 Å². The molecule has 1 atom stereocenters. The summed E-state index contributed by atoms with van der Waals surface area (Å²) in [5.41, 5.74) is 9.09. The van der Waals surface area contributed by atoms with Crippen molar-refractivity contribution in [3.63, 3.8) is 0 Å². The molecule has 2 heterocycles. The van der Waals surface area contributed by atoms with Crippen LogP contribution in [0.25, 0.3) is 55.8 Å². The molecule has 0 saturated carbocycles. The minimum absolute atomic E-state index is 0.430. The van der Waals surface area contributed by atoms with E-state index in [1.165, 1.54) is 38.5 Å². The minimum Gasteiger partial charge on any atom is -0.309 e. The summed E-state index contributed by atoms with van der Waals surface area (Å²) in [5, 5.41) is 2.43. The van der Waals surface area contributed by atoms with Crippen molar-refractivity contribution in [2.75, 3.05) is 0 Å². The van der Waals surface area contributed by atoms with E-state index in [9.17, 15) is 0 Å². The first-order valence-corrected chi connectivity index (χ1v) is 17.4. The third-order valence-electron chi connectivity index (χ3n) is 9.39. The van der Waals surface area contributed by atoms with E-state index in [1.807, 2.05) is 30.4 Å². The quantitative estimate of drug-likeness (QED) is 0.108. The zero-order valence-corrected chi connectivity index (χ0v) is 28.3. The number of aromatic nitrogens is 4. The van der Waals surface area contributed by atoms with Gasteiger partial charge in [-0.2, -0.15) is 0 Å². The second-order valence-electron chi connectivity index (χ2n) is 12.8. The predicted octanol–water partition coefficient (Wildman–Crippen LogP) is 11.0. The van der Waals surface area contributed by atoms with Crippen LogP contribution in [-0.4, -0.2) is 26.2 Å². The van der Waals surface area contributed by atoms with Gasteiger partial charge in [0.05, 0.1) is 11.0 Å².